The fourth-order valence-electron chi connectivity index (χ4n) is 1.42. The molecule has 0 saturated carbocycles. The molecular formula is C10H6F4S. The van der Waals surface area contributed by atoms with Crippen LogP contribution in [0.15, 0.2) is 46.7 Å². The van der Waals surface area contributed by atoms with Crippen molar-refractivity contribution >= 4 is 11.8 Å². The summed E-state index contributed by atoms with van der Waals surface area (Å²) in [5, 5.41) is 1.39. The average molecular weight is 234 g/mol. The van der Waals surface area contributed by atoms with E-state index >= 15 is 0 Å². The van der Waals surface area contributed by atoms with Gasteiger partial charge in [-0.25, -0.2) is 4.39 Å². The number of hydrogen-bond donors (Lipinski definition) is 0. The molecule has 1 aliphatic heterocycles. The van der Waals surface area contributed by atoms with E-state index in [1.165, 1.54) is 23.9 Å². The van der Waals surface area contributed by atoms with Crippen LogP contribution in [0.3, 0.4) is 0 Å². The van der Waals surface area contributed by atoms with Gasteiger partial charge in [-0.3, -0.25) is 0 Å². The molecule has 1 aliphatic carbocycles. The smallest absolute Gasteiger partial charge is 0.206 e. The zero-order valence-electron chi connectivity index (χ0n) is 7.38. The first-order valence-corrected chi connectivity index (χ1v) is 5.12. The van der Waals surface area contributed by atoms with Crippen molar-refractivity contribution in [2.75, 3.05) is 0 Å². The number of halogens is 4. The molecular weight excluding hydrogens is 228 g/mol. The number of fused-ring (bicyclic) bond motifs is 1. The summed E-state index contributed by atoms with van der Waals surface area (Å²) in [6, 6.07) is 0. The third-order valence-corrected chi connectivity index (χ3v) is 3.14. The number of alkyl halides is 3. The summed E-state index contributed by atoms with van der Waals surface area (Å²) in [5.41, 5.74) is -1.10. The second-order valence-electron chi connectivity index (χ2n) is 3.09. The topological polar surface area (TPSA) is 0 Å². The Hall–Kier alpha value is -0.970. The lowest BCUT2D eigenvalue weighted by molar-refractivity contribution is -0.0899. The van der Waals surface area contributed by atoms with Gasteiger partial charge in [0.2, 0.25) is 0 Å². The van der Waals surface area contributed by atoms with Gasteiger partial charge in [0.05, 0.1) is 10.8 Å². The molecule has 15 heavy (non-hydrogen) atoms. The quantitative estimate of drug-likeness (QED) is 0.573. The van der Waals surface area contributed by atoms with Gasteiger partial charge in [0.1, 0.15) is 5.83 Å². The highest BCUT2D eigenvalue weighted by Crippen LogP contribution is 2.41. The van der Waals surface area contributed by atoms with Crippen LogP contribution in [0.1, 0.15) is 0 Å². The summed E-state index contributed by atoms with van der Waals surface area (Å²) in [4.78, 5) is 0. The van der Waals surface area contributed by atoms with Crippen LogP contribution in [0, 0.1) is 0 Å². The molecule has 0 nitrogen and oxygen atoms in total. The third-order valence-electron chi connectivity index (χ3n) is 2.12. The molecule has 2 aliphatic rings. The van der Waals surface area contributed by atoms with Gasteiger partial charge in [0.15, 0.2) is 0 Å². The van der Waals surface area contributed by atoms with Crippen LogP contribution in [0.2, 0.25) is 0 Å². The lowest BCUT2D eigenvalue weighted by Crippen LogP contribution is -2.19. The zero-order valence-corrected chi connectivity index (χ0v) is 8.20. The van der Waals surface area contributed by atoms with Crippen LogP contribution in [-0.2, 0) is 0 Å². The number of thioether (sulfide) groups is 1. The van der Waals surface area contributed by atoms with Crippen molar-refractivity contribution in [1.82, 2.24) is 0 Å². The Labute approximate surface area is 88.0 Å². The standard InChI is InChI=1S/C10H6F4S/c11-9-6-2-1-5-15-8(6)4-3-7(9)10(12,13)14/h1-5,8H. The van der Waals surface area contributed by atoms with Crippen molar-refractivity contribution in [2.45, 2.75) is 11.4 Å². The van der Waals surface area contributed by atoms with E-state index in [9.17, 15) is 17.6 Å². The molecule has 0 bridgehead atoms. The van der Waals surface area contributed by atoms with Crippen LogP contribution >= 0.6 is 11.8 Å². The highest BCUT2D eigenvalue weighted by Gasteiger charge is 2.39. The summed E-state index contributed by atoms with van der Waals surface area (Å²) >= 11 is 1.29. The predicted molar refractivity (Wildman–Crippen MR) is 51.9 cm³/mol. The lowest BCUT2D eigenvalue weighted by Gasteiger charge is -2.22. The first-order chi connectivity index (χ1) is 7.00. The Morgan fingerprint density at radius 1 is 1.27 bits per heavy atom. The molecule has 1 unspecified atom stereocenters. The lowest BCUT2D eigenvalue weighted by atomic mass is 9.99. The molecule has 0 aromatic rings. The van der Waals surface area contributed by atoms with Crippen LogP contribution < -0.4 is 0 Å². The molecule has 0 saturated heterocycles. The maximum absolute atomic E-state index is 13.5. The van der Waals surface area contributed by atoms with Gasteiger partial charge in [0.25, 0.3) is 0 Å². The van der Waals surface area contributed by atoms with E-state index in [4.69, 9.17) is 0 Å². The van der Waals surface area contributed by atoms with Gasteiger partial charge in [0, 0.05) is 5.57 Å². The maximum atomic E-state index is 13.5. The molecule has 1 atom stereocenters. The van der Waals surface area contributed by atoms with Gasteiger partial charge in [-0.1, -0.05) is 18.2 Å². The normalized spacial score (nSPS) is 25.3. The molecule has 0 fully saturated rings. The number of allylic oxidation sites excluding steroid dienone is 5. The van der Waals surface area contributed by atoms with Gasteiger partial charge in [-0.15, -0.1) is 11.8 Å². The molecule has 0 aromatic carbocycles. The summed E-state index contributed by atoms with van der Waals surface area (Å²) in [5.74, 6) is -1.16. The summed E-state index contributed by atoms with van der Waals surface area (Å²) in [7, 11) is 0. The molecule has 0 aromatic heterocycles. The Kier molecular flexibility index (Phi) is 2.50. The fourth-order valence-corrected chi connectivity index (χ4v) is 2.26. The number of rotatable bonds is 0. The van der Waals surface area contributed by atoms with Crippen molar-refractivity contribution in [2.24, 2.45) is 0 Å². The minimum atomic E-state index is -4.63. The first-order valence-electron chi connectivity index (χ1n) is 4.18. The molecule has 0 amide bonds. The zero-order chi connectivity index (χ0) is 11.1. The van der Waals surface area contributed by atoms with Gasteiger partial charge < -0.3 is 0 Å². The van der Waals surface area contributed by atoms with E-state index in [2.05, 4.69) is 0 Å². The monoisotopic (exact) mass is 234 g/mol. The molecule has 0 N–H and O–H groups in total. The van der Waals surface area contributed by atoms with Gasteiger partial charge in [-0.2, -0.15) is 13.2 Å². The van der Waals surface area contributed by atoms with Crippen LogP contribution in [0.4, 0.5) is 17.6 Å². The van der Waals surface area contributed by atoms with Crippen molar-refractivity contribution in [3.63, 3.8) is 0 Å². The molecule has 2 rings (SSSR count). The SMILES string of the molecule is FC1=C(C(F)(F)F)C=CC2SC=CC=C12. The van der Waals surface area contributed by atoms with E-state index < -0.39 is 17.6 Å². The van der Waals surface area contributed by atoms with Crippen molar-refractivity contribution in [1.29, 1.82) is 0 Å². The van der Waals surface area contributed by atoms with E-state index in [0.717, 1.165) is 6.08 Å². The highest BCUT2D eigenvalue weighted by molar-refractivity contribution is 8.03. The maximum Gasteiger partial charge on any atom is 0.419 e. The molecule has 5 heteroatoms. The highest BCUT2D eigenvalue weighted by atomic mass is 32.2. The van der Waals surface area contributed by atoms with Crippen LogP contribution in [-0.4, -0.2) is 11.4 Å². The minimum absolute atomic E-state index is 0.0947. The first kappa shape index (κ1) is 10.5. The molecule has 80 valence electrons. The Morgan fingerprint density at radius 2 is 2.00 bits per heavy atom. The van der Waals surface area contributed by atoms with E-state index in [-0.39, 0.29) is 10.8 Å². The Balaban J connectivity index is 2.46. The molecule has 0 radical (unpaired) electrons. The second-order valence-corrected chi connectivity index (χ2v) is 4.14. The van der Waals surface area contributed by atoms with Gasteiger partial charge in [-0.05, 0) is 11.5 Å². The van der Waals surface area contributed by atoms with Crippen molar-refractivity contribution < 1.29 is 17.6 Å². The Bertz CT molecular complexity index is 398. The van der Waals surface area contributed by atoms with Gasteiger partial charge >= 0.3 is 6.18 Å². The summed E-state index contributed by atoms with van der Waals surface area (Å²) < 4.78 is 50.5. The summed E-state index contributed by atoms with van der Waals surface area (Å²) in [6.45, 7) is 0. The molecule has 1 heterocycles. The fraction of sp³-hybridized carbons (Fsp3) is 0.200. The minimum Gasteiger partial charge on any atom is -0.206 e. The predicted octanol–water partition coefficient (Wildman–Crippen LogP) is 3.90. The third kappa shape index (κ3) is 1.88. The largest absolute Gasteiger partial charge is 0.419 e. The van der Waals surface area contributed by atoms with E-state index in [1.54, 1.807) is 11.5 Å². The van der Waals surface area contributed by atoms with Crippen LogP contribution in [0.25, 0.3) is 0 Å². The summed E-state index contributed by atoms with van der Waals surface area (Å²) in [6.07, 6.45) is 0.475. The van der Waals surface area contributed by atoms with E-state index in [1.807, 2.05) is 0 Å². The average Bonchev–Trinajstić information content (AvgIpc) is 2.16. The van der Waals surface area contributed by atoms with Crippen LogP contribution in [0.5, 0.6) is 0 Å². The number of hydrogen-bond acceptors (Lipinski definition) is 1. The Morgan fingerprint density at radius 3 is 2.67 bits per heavy atom. The molecule has 0 spiro atoms. The van der Waals surface area contributed by atoms with Crippen molar-refractivity contribution in [3.05, 3.63) is 46.7 Å². The van der Waals surface area contributed by atoms with Crippen molar-refractivity contribution in [3.8, 4) is 0 Å². The van der Waals surface area contributed by atoms with E-state index in [0.29, 0.717) is 0 Å². The second kappa shape index (κ2) is 3.56.